The Bertz CT molecular complexity index is 887. The van der Waals surface area contributed by atoms with Crippen molar-refractivity contribution in [1.82, 2.24) is 9.88 Å². The molecule has 1 heterocycles. The lowest BCUT2D eigenvalue weighted by atomic mass is 10.1. The molecule has 0 fully saturated rings. The van der Waals surface area contributed by atoms with Gasteiger partial charge in [-0.15, -0.1) is 0 Å². The maximum Gasteiger partial charge on any atom is 0.354 e. The van der Waals surface area contributed by atoms with E-state index in [1.165, 1.54) is 14.2 Å². The van der Waals surface area contributed by atoms with E-state index < -0.39 is 11.9 Å². The molecule has 0 saturated carbocycles. The van der Waals surface area contributed by atoms with E-state index in [0.29, 0.717) is 26.1 Å². The molecule has 1 aromatic carbocycles. The Labute approximate surface area is 170 Å². The highest BCUT2D eigenvalue weighted by molar-refractivity contribution is 5.95. The minimum Gasteiger partial charge on any atom is -0.497 e. The van der Waals surface area contributed by atoms with Gasteiger partial charge in [0.2, 0.25) is 0 Å². The Morgan fingerprint density at radius 1 is 1.14 bits per heavy atom. The number of likely N-dealkylation sites (N-methyl/N-ethyl adjacent to an activating group) is 1. The molecular formula is C21H28N2O6. The summed E-state index contributed by atoms with van der Waals surface area (Å²) < 4.78 is 20.2. The van der Waals surface area contributed by atoms with Crippen molar-refractivity contribution in [1.29, 1.82) is 0 Å². The highest BCUT2D eigenvalue weighted by Crippen LogP contribution is 2.28. The van der Waals surface area contributed by atoms with E-state index in [4.69, 9.17) is 14.2 Å². The minimum atomic E-state index is -0.610. The number of nitrogens with one attached hydrogen (secondary N) is 1. The third-order valence-electron chi connectivity index (χ3n) is 4.69. The van der Waals surface area contributed by atoms with Crippen LogP contribution in [0.25, 0.3) is 10.9 Å². The molecule has 0 amide bonds. The number of rotatable bonds is 10. The van der Waals surface area contributed by atoms with Gasteiger partial charge in [0.1, 0.15) is 11.4 Å². The van der Waals surface area contributed by atoms with Crippen LogP contribution in [-0.2, 0) is 36.8 Å². The van der Waals surface area contributed by atoms with Crippen LogP contribution in [0, 0.1) is 0 Å². The van der Waals surface area contributed by atoms with Crippen molar-refractivity contribution in [3.63, 3.8) is 0 Å². The number of methoxy groups -OCH3 is 4. The number of carbonyl (C=O) groups is 2. The SMILES string of the molecule is CCN(CCc1[nH]c2ccc(OC)cc2c1COC)/C(=C/C(=O)OC)C(=O)OC. The van der Waals surface area contributed by atoms with Crippen LogP contribution in [0.15, 0.2) is 30.0 Å². The zero-order valence-electron chi connectivity index (χ0n) is 17.5. The first kappa shape index (κ1) is 22.3. The number of nitrogens with zero attached hydrogens (tertiary/aromatic N) is 1. The minimum absolute atomic E-state index is 0.160. The molecule has 0 aliphatic heterocycles. The van der Waals surface area contributed by atoms with Crippen LogP contribution in [0.4, 0.5) is 0 Å². The summed E-state index contributed by atoms with van der Waals surface area (Å²) in [5.41, 5.74) is 3.17. The van der Waals surface area contributed by atoms with Crippen LogP contribution < -0.4 is 4.74 Å². The fourth-order valence-corrected chi connectivity index (χ4v) is 3.18. The summed E-state index contributed by atoms with van der Waals surface area (Å²) in [6.45, 7) is 3.36. The molecule has 8 nitrogen and oxygen atoms in total. The largest absolute Gasteiger partial charge is 0.497 e. The van der Waals surface area contributed by atoms with Gasteiger partial charge in [-0.2, -0.15) is 0 Å². The Kier molecular flexibility index (Phi) is 8.09. The molecule has 0 unspecified atom stereocenters. The number of hydrogen-bond donors (Lipinski definition) is 1. The number of aromatic amines is 1. The highest BCUT2D eigenvalue weighted by Gasteiger charge is 2.20. The summed E-state index contributed by atoms with van der Waals surface area (Å²) in [7, 11) is 5.82. The van der Waals surface area contributed by atoms with Gasteiger partial charge < -0.3 is 28.8 Å². The van der Waals surface area contributed by atoms with Gasteiger partial charge in [-0.1, -0.05) is 0 Å². The van der Waals surface area contributed by atoms with Gasteiger partial charge in [-0.3, -0.25) is 0 Å². The van der Waals surface area contributed by atoms with E-state index in [2.05, 4.69) is 9.72 Å². The molecular weight excluding hydrogens is 376 g/mol. The van der Waals surface area contributed by atoms with Gasteiger partial charge >= 0.3 is 11.9 Å². The van der Waals surface area contributed by atoms with Crippen molar-refractivity contribution in [3.8, 4) is 5.75 Å². The quantitative estimate of drug-likeness (QED) is 0.480. The Hall–Kier alpha value is -3.00. The molecule has 0 aliphatic carbocycles. The Morgan fingerprint density at radius 3 is 2.48 bits per heavy atom. The molecule has 0 bridgehead atoms. The van der Waals surface area contributed by atoms with E-state index >= 15 is 0 Å². The maximum absolute atomic E-state index is 12.2. The first-order chi connectivity index (χ1) is 14.0. The van der Waals surface area contributed by atoms with Crippen molar-refractivity contribution >= 4 is 22.8 Å². The van der Waals surface area contributed by atoms with Gasteiger partial charge in [0, 0.05) is 48.8 Å². The topological polar surface area (TPSA) is 90.1 Å². The maximum atomic E-state index is 12.2. The molecule has 0 aliphatic rings. The van der Waals surface area contributed by atoms with Crippen LogP contribution >= 0.6 is 0 Å². The van der Waals surface area contributed by atoms with Gasteiger partial charge in [-0.25, -0.2) is 9.59 Å². The lowest BCUT2D eigenvalue weighted by Crippen LogP contribution is -2.31. The highest BCUT2D eigenvalue weighted by atomic mass is 16.5. The lowest BCUT2D eigenvalue weighted by molar-refractivity contribution is -0.140. The van der Waals surface area contributed by atoms with E-state index in [9.17, 15) is 9.59 Å². The third-order valence-corrected chi connectivity index (χ3v) is 4.69. The van der Waals surface area contributed by atoms with Gasteiger partial charge in [0.05, 0.1) is 34.0 Å². The first-order valence-electron chi connectivity index (χ1n) is 9.28. The lowest BCUT2D eigenvalue weighted by Gasteiger charge is -2.24. The zero-order valence-corrected chi connectivity index (χ0v) is 17.5. The standard InChI is InChI=1S/C21H28N2O6/c1-6-23(19(21(25)29-5)12-20(24)28-4)10-9-18-16(13-26-2)15-11-14(27-3)7-8-17(15)22-18/h7-8,11-12,22H,6,9-10,13H2,1-5H3/b19-12+. The van der Waals surface area contributed by atoms with Gasteiger partial charge in [0.25, 0.3) is 0 Å². The molecule has 0 radical (unpaired) electrons. The average molecular weight is 404 g/mol. The zero-order chi connectivity index (χ0) is 21.4. The van der Waals surface area contributed by atoms with Gasteiger partial charge in [0.15, 0.2) is 0 Å². The molecule has 0 saturated heterocycles. The number of aromatic nitrogens is 1. The summed E-state index contributed by atoms with van der Waals surface area (Å²) in [6.07, 6.45) is 1.76. The summed E-state index contributed by atoms with van der Waals surface area (Å²) in [4.78, 5) is 29.1. The second kappa shape index (κ2) is 10.5. The molecule has 8 heteroatoms. The predicted octanol–water partition coefficient (Wildman–Crippen LogP) is 2.42. The molecule has 2 rings (SSSR count). The molecule has 2 aromatic rings. The first-order valence-corrected chi connectivity index (χ1v) is 9.28. The van der Waals surface area contributed by atoms with Crippen LogP contribution in [0.2, 0.25) is 0 Å². The average Bonchev–Trinajstić information content (AvgIpc) is 3.09. The van der Waals surface area contributed by atoms with Crippen LogP contribution in [-0.4, -0.2) is 63.4 Å². The van der Waals surface area contributed by atoms with E-state index in [-0.39, 0.29) is 5.70 Å². The van der Waals surface area contributed by atoms with Gasteiger partial charge in [-0.05, 0) is 25.1 Å². The van der Waals surface area contributed by atoms with E-state index in [1.807, 2.05) is 25.1 Å². The van der Waals surface area contributed by atoms with Crippen molar-refractivity contribution in [3.05, 3.63) is 41.2 Å². The second-order valence-corrected chi connectivity index (χ2v) is 6.30. The summed E-state index contributed by atoms with van der Waals surface area (Å²) >= 11 is 0. The number of fused-ring (bicyclic) bond motifs is 1. The molecule has 1 N–H and O–H groups in total. The van der Waals surface area contributed by atoms with E-state index in [1.54, 1.807) is 19.1 Å². The van der Waals surface area contributed by atoms with Crippen molar-refractivity contribution in [2.75, 3.05) is 41.5 Å². The summed E-state index contributed by atoms with van der Waals surface area (Å²) in [5.74, 6) is -0.429. The normalized spacial score (nSPS) is 11.4. The van der Waals surface area contributed by atoms with Crippen molar-refractivity contribution in [2.45, 2.75) is 20.0 Å². The number of esters is 2. The fourth-order valence-electron chi connectivity index (χ4n) is 3.18. The third kappa shape index (κ3) is 5.29. The summed E-state index contributed by atoms with van der Waals surface area (Å²) in [6, 6.07) is 5.83. The smallest absolute Gasteiger partial charge is 0.354 e. The molecule has 1 aromatic heterocycles. The number of H-pyrrole nitrogens is 1. The number of ether oxygens (including phenoxy) is 4. The Balaban J connectivity index is 2.33. The Morgan fingerprint density at radius 2 is 1.90 bits per heavy atom. The molecule has 158 valence electrons. The van der Waals surface area contributed by atoms with E-state index in [0.717, 1.165) is 34.0 Å². The molecule has 29 heavy (non-hydrogen) atoms. The fraction of sp³-hybridized carbons (Fsp3) is 0.429. The second-order valence-electron chi connectivity index (χ2n) is 6.30. The number of hydrogen-bond acceptors (Lipinski definition) is 7. The monoisotopic (exact) mass is 404 g/mol. The van der Waals surface area contributed by atoms with Crippen LogP contribution in [0.3, 0.4) is 0 Å². The predicted molar refractivity (Wildman–Crippen MR) is 109 cm³/mol. The van der Waals surface area contributed by atoms with Crippen LogP contribution in [0.5, 0.6) is 5.75 Å². The summed E-state index contributed by atoms with van der Waals surface area (Å²) in [5, 5.41) is 1.03. The number of benzene rings is 1. The molecule has 0 spiro atoms. The van der Waals surface area contributed by atoms with Crippen molar-refractivity contribution < 1.29 is 28.5 Å². The molecule has 0 atom stereocenters. The van der Waals surface area contributed by atoms with Crippen LogP contribution in [0.1, 0.15) is 18.2 Å². The number of carbonyl (C=O) groups excluding carboxylic acids is 2. The van der Waals surface area contributed by atoms with Crippen molar-refractivity contribution in [2.24, 2.45) is 0 Å².